The number of nitrogens with one attached hydrogen (secondary N) is 2. The Morgan fingerprint density at radius 1 is 1.50 bits per heavy atom. The molecule has 1 aromatic heterocycles. The Hall–Kier alpha value is -2.51. The average Bonchev–Trinajstić information content (AvgIpc) is 2.97. The van der Waals surface area contributed by atoms with Gasteiger partial charge in [0.2, 0.25) is 11.8 Å². The van der Waals surface area contributed by atoms with Crippen LogP contribution in [0.2, 0.25) is 0 Å². The first-order chi connectivity index (χ1) is 10.6. The van der Waals surface area contributed by atoms with Gasteiger partial charge in [0.15, 0.2) is 5.76 Å². The molecule has 22 heavy (non-hydrogen) atoms. The van der Waals surface area contributed by atoms with Crippen molar-refractivity contribution < 1.29 is 23.5 Å². The number of piperazine rings is 1. The predicted molar refractivity (Wildman–Crippen MR) is 76.4 cm³/mol. The molecule has 0 radical (unpaired) electrons. The third-order valence-corrected chi connectivity index (χ3v) is 3.33. The van der Waals surface area contributed by atoms with Crippen LogP contribution in [0.3, 0.4) is 0 Å². The van der Waals surface area contributed by atoms with Crippen LogP contribution in [0.4, 0.5) is 0 Å². The number of ether oxygens (including phenoxy) is 1. The Kier molecular flexibility index (Phi) is 5.03. The molecule has 1 saturated heterocycles. The monoisotopic (exact) mass is 309 g/mol. The van der Waals surface area contributed by atoms with E-state index in [-0.39, 0.29) is 29.9 Å². The van der Waals surface area contributed by atoms with Crippen molar-refractivity contribution in [3.05, 3.63) is 17.9 Å². The van der Waals surface area contributed by atoms with Gasteiger partial charge in [0.25, 0.3) is 11.9 Å². The summed E-state index contributed by atoms with van der Waals surface area (Å²) in [6, 6.07) is 2.20. The maximum atomic E-state index is 12.5. The Morgan fingerprint density at radius 2 is 2.27 bits per heavy atom. The lowest BCUT2D eigenvalue weighted by Gasteiger charge is -2.34. The van der Waals surface area contributed by atoms with Crippen LogP contribution in [0.5, 0.6) is 5.95 Å². The Labute approximate surface area is 127 Å². The zero-order chi connectivity index (χ0) is 16.1. The van der Waals surface area contributed by atoms with Crippen molar-refractivity contribution in [3.63, 3.8) is 0 Å². The van der Waals surface area contributed by atoms with E-state index in [1.54, 1.807) is 13.0 Å². The maximum Gasteiger partial charge on any atom is 0.290 e. The molecule has 0 saturated carbocycles. The largest absolute Gasteiger partial charge is 0.465 e. The fraction of sp³-hybridized carbons (Fsp3) is 0.500. The first-order valence-corrected chi connectivity index (χ1v) is 7.08. The number of carbonyl (C=O) groups excluding carboxylic acids is 3. The normalized spacial score (nSPS) is 17.8. The first-order valence-electron chi connectivity index (χ1n) is 7.08. The number of hydrogen-bond donors (Lipinski definition) is 2. The minimum absolute atomic E-state index is 0.0834. The molecule has 3 amide bonds. The van der Waals surface area contributed by atoms with Gasteiger partial charge in [-0.05, 0) is 13.0 Å². The van der Waals surface area contributed by atoms with Crippen molar-refractivity contribution in [2.24, 2.45) is 0 Å². The molecule has 0 spiro atoms. The molecule has 120 valence electrons. The van der Waals surface area contributed by atoms with Crippen molar-refractivity contribution in [2.45, 2.75) is 19.4 Å². The molecule has 1 aliphatic heterocycles. The second kappa shape index (κ2) is 6.97. The van der Waals surface area contributed by atoms with Crippen LogP contribution in [0, 0.1) is 0 Å². The third kappa shape index (κ3) is 3.38. The second-order valence-corrected chi connectivity index (χ2v) is 4.73. The van der Waals surface area contributed by atoms with E-state index in [4.69, 9.17) is 9.15 Å². The van der Waals surface area contributed by atoms with E-state index < -0.39 is 11.9 Å². The highest BCUT2D eigenvalue weighted by atomic mass is 16.6. The van der Waals surface area contributed by atoms with Crippen molar-refractivity contribution >= 4 is 17.7 Å². The van der Waals surface area contributed by atoms with Crippen LogP contribution >= 0.6 is 0 Å². The zero-order valence-corrected chi connectivity index (χ0v) is 12.5. The van der Waals surface area contributed by atoms with Crippen molar-refractivity contribution in [1.29, 1.82) is 0 Å². The van der Waals surface area contributed by atoms with Crippen LogP contribution in [0.1, 0.15) is 23.9 Å². The van der Waals surface area contributed by atoms with Crippen molar-refractivity contribution in [1.82, 2.24) is 15.5 Å². The number of furan rings is 1. The summed E-state index contributed by atoms with van der Waals surface area (Å²) in [5.74, 6) is -0.765. The van der Waals surface area contributed by atoms with Gasteiger partial charge in [-0.1, -0.05) is 0 Å². The summed E-state index contributed by atoms with van der Waals surface area (Å²) in [4.78, 5) is 37.4. The molecule has 8 nitrogen and oxygen atoms in total. The molecule has 1 atom stereocenters. The summed E-state index contributed by atoms with van der Waals surface area (Å²) in [7, 11) is 1.48. The topological polar surface area (TPSA) is 101 Å². The lowest BCUT2D eigenvalue weighted by molar-refractivity contribution is -0.132. The molecule has 8 heteroatoms. The average molecular weight is 309 g/mol. The quantitative estimate of drug-likeness (QED) is 0.781. The number of carbonyl (C=O) groups is 3. The lowest BCUT2D eigenvalue weighted by atomic mass is 10.1. The SMILES string of the molecule is CCOc1ccc(C(=O)N2CCNC(=O)[C@@H]2CC(=O)NC)o1. The molecule has 0 bridgehead atoms. The van der Waals surface area contributed by atoms with Gasteiger partial charge in [-0.3, -0.25) is 14.4 Å². The third-order valence-electron chi connectivity index (χ3n) is 3.33. The molecule has 1 aliphatic rings. The summed E-state index contributed by atoms with van der Waals surface area (Å²) < 4.78 is 10.5. The van der Waals surface area contributed by atoms with E-state index in [2.05, 4.69) is 10.6 Å². The smallest absolute Gasteiger partial charge is 0.290 e. The van der Waals surface area contributed by atoms with Gasteiger partial charge in [-0.25, -0.2) is 0 Å². The van der Waals surface area contributed by atoms with Crippen LogP contribution < -0.4 is 15.4 Å². The number of nitrogens with zero attached hydrogens (tertiary/aromatic N) is 1. The van der Waals surface area contributed by atoms with Gasteiger partial charge >= 0.3 is 0 Å². The van der Waals surface area contributed by atoms with Gasteiger partial charge < -0.3 is 24.7 Å². The zero-order valence-electron chi connectivity index (χ0n) is 12.5. The van der Waals surface area contributed by atoms with E-state index in [0.717, 1.165) is 0 Å². The summed E-state index contributed by atoms with van der Waals surface area (Å²) in [6.07, 6.45) is -0.0902. The minimum atomic E-state index is -0.846. The Balaban J connectivity index is 2.16. The fourth-order valence-electron chi connectivity index (χ4n) is 2.23. The Morgan fingerprint density at radius 3 is 2.95 bits per heavy atom. The van der Waals surface area contributed by atoms with E-state index in [0.29, 0.717) is 19.7 Å². The van der Waals surface area contributed by atoms with E-state index in [1.165, 1.54) is 18.0 Å². The molecule has 1 aromatic rings. The van der Waals surface area contributed by atoms with Gasteiger partial charge in [-0.15, -0.1) is 0 Å². The fourth-order valence-corrected chi connectivity index (χ4v) is 2.23. The van der Waals surface area contributed by atoms with Gasteiger partial charge in [0, 0.05) is 26.2 Å². The summed E-state index contributed by atoms with van der Waals surface area (Å²) in [5.41, 5.74) is 0. The van der Waals surface area contributed by atoms with E-state index in [9.17, 15) is 14.4 Å². The first kappa shape index (κ1) is 15.9. The number of amides is 3. The van der Waals surface area contributed by atoms with Crippen LogP contribution in [-0.4, -0.2) is 55.4 Å². The number of rotatable bonds is 5. The van der Waals surface area contributed by atoms with Crippen molar-refractivity contribution in [2.75, 3.05) is 26.7 Å². The molecule has 0 unspecified atom stereocenters. The standard InChI is InChI=1S/C14H19N3O5/c1-3-21-12-5-4-10(22-12)14(20)17-7-6-16-13(19)9(17)8-11(18)15-2/h4-5,9H,3,6-8H2,1-2H3,(H,15,18)(H,16,19)/t9-/m0/s1. The van der Waals surface area contributed by atoms with Gasteiger partial charge in [0.05, 0.1) is 13.0 Å². The molecule has 2 heterocycles. The van der Waals surface area contributed by atoms with Gasteiger partial charge in [-0.2, -0.15) is 0 Å². The van der Waals surface area contributed by atoms with Crippen LogP contribution in [0.25, 0.3) is 0 Å². The van der Waals surface area contributed by atoms with Crippen molar-refractivity contribution in [3.8, 4) is 5.95 Å². The highest BCUT2D eigenvalue weighted by Gasteiger charge is 2.36. The maximum absolute atomic E-state index is 12.5. The van der Waals surface area contributed by atoms with Crippen LogP contribution in [0.15, 0.2) is 16.5 Å². The van der Waals surface area contributed by atoms with E-state index in [1.807, 2.05) is 0 Å². The van der Waals surface area contributed by atoms with Gasteiger partial charge in [0.1, 0.15) is 6.04 Å². The molecule has 1 fully saturated rings. The molecular formula is C14H19N3O5. The second-order valence-electron chi connectivity index (χ2n) is 4.73. The summed E-state index contributed by atoms with van der Waals surface area (Å²) >= 11 is 0. The molecule has 0 aromatic carbocycles. The highest BCUT2D eigenvalue weighted by molar-refractivity contribution is 5.98. The summed E-state index contributed by atoms with van der Waals surface area (Å²) in [5, 5.41) is 5.11. The van der Waals surface area contributed by atoms with Crippen LogP contribution in [-0.2, 0) is 9.59 Å². The minimum Gasteiger partial charge on any atom is -0.465 e. The predicted octanol–water partition coefficient (Wildman–Crippen LogP) is -0.245. The Bertz CT molecular complexity index is 569. The summed E-state index contributed by atoms with van der Waals surface area (Å²) in [6.45, 7) is 2.88. The highest BCUT2D eigenvalue weighted by Crippen LogP contribution is 2.20. The number of hydrogen-bond acceptors (Lipinski definition) is 5. The molecule has 2 rings (SSSR count). The van der Waals surface area contributed by atoms with E-state index >= 15 is 0 Å². The molecule has 2 N–H and O–H groups in total. The molecule has 0 aliphatic carbocycles. The molecular weight excluding hydrogens is 290 g/mol. The lowest BCUT2D eigenvalue weighted by Crippen LogP contribution is -2.58.